The van der Waals surface area contributed by atoms with Crippen LogP contribution in [0, 0.1) is 0 Å². The van der Waals surface area contributed by atoms with Gasteiger partial charge >= 0.3 is 0 Å². The third kappa shape index (κ3) is 4.29. The van der Waals surface area contributed by atoms with Crippen molar-refractivity contribution >= 4 is 44.2 Å². The molecule has 0 atom stereocenters. The van der Waals surface area contributed by atoms with Crippen molar-refractivity contribution in [2.75, 3.05) is 38.2 Å². The molecule has 0 bridgehead atoms. The van der Waals surface area contributed by atoms with E-state index in [0.29, 0.717) is 28.0 Å². The van der Waals surface area contributed by atoms with Crippen LogP contribution in [0.3, 0.4) is 0 Å². The summed E-state index contributed by atoms with van der Waals surface area (Å²) in [6, 6.07) is 13.0. The summed E-state index contributed by atoms with van der Waals surface area (Å²) >= 11 is 7.79. The number of amides is 1. The zero-order chi connectivity index (χ0) is 20.1. The Bertz CT molecular complexity index is 956. The molecule has 0 unspecified atom stereocenters. The summed E-state index contributed by atoms with van der Waals surface area (Å²) in [6.07, 6.45) is 0. The first kappa shape index (κ1) is 20.6. The molecule has 0 spiro atoms. The predicted octanol–water partition coefficient (Wildman–Crippen LogP) is 3.53. The van der Waals surface area contributed by atoms with Crippen LogP contribution < -0.4 is 14.5 Å². The van der Waals surface area contributed by atoms with Crippen LogP contribution in [-0.4, -0.2) is 44.2 Å². The molecule has 148 valence electrons. The number of likely N-dealkylation sites (N-methyl/N-ethyl adjacent to an activating group) is 1. The number of rotatable bonds is 8. The van der Waals surface area contributed by atoms with Crippen molar-refractivity contribution in [1.29, 1.82) is 0 Å². The van der Waals surface area contributed by atoms with E-state index in [2.05, 4.69) is 18.8 Å². The number of thiazole rings is 1. The van der Waals surface area contributed by atoms with Crippen LogP contribution >= 0.6 is 22.9 Å². The Hall–Kier alpha value is -2.15. The topological polar surface area (TPSA) is 46.9 Å². The highest BCUT2D eigenvalue weighted by Crippen LogP contribution is 2.34. The fourth-order valence-corrected chi connectivity index (χ4v) is 4.43. The van der Waals surface area contributed by atoms with Gasteiger partial charge in [-0.2, -0.15) is 0 Å². The number of nitrogens with one attached hydrogen (secondary N) is 1. The number of benzene rings is 2. The summed E-state index contributed by atoms with van der Waals surface area (Å²) in [6.45, 7) is 7.76. The fourth-order valence-electron chi connectivity index (χ4n) is 3.14. The number of quaternary nitrogens is 1. The number of methoxy groups -OCH3 is 1. The predicted molar refractivity (Wildman–Crippen MR) is 116 cm³/mol. The molecule has 7 heteroatoms. The Morgan fingerprint density at radius 2 is 1.93 bits per heavy atom. The van der Waals surface area contributed by atoms with Crippen molar-refractivity contribution in [2.45, 2.75) is 13.8 Å². The largest absolute Gasteiger partial charge is 0.496 e. The summed E-state index contributed by atoms with van der Waals surface area (Å²) in [4.78, 5) is 21.3. The third-order valence-electron chi connectivity index (χ3n) is 4.86. The first-order valence-corrected chi connectivity index (χ1v) is 10.6. The van der Waals surface area contributed by atoms with Gasteiger partial charge in [0.05, 0.1) is 48.6 Å². The van der Waals surface area contributed by atoms with Crippen LogP contribution in [0.25, 0.3) is 10.2 Å². The smallest absolute Gasteiger partial charge is 0.264 e. The highest BCUT2D eigenvalue weighted by Gasteiger charge is 2.25. The Kier molecular flexibility index (Phi) is 6.88. The van der Waals surface area contributed by atoms with Crippen LogP contribution in [0.2, 0.25) is 5.02 Å². The number of nitrogens with zero attached hydrogens (tertiary/aromatic N) is 2. The maximum Gasteiger partial charge on any atom is 0.264 e. The molecule has 0 aliphatic heterocycles. The monoisotopic (exact) mass is 418 g/mol. The van der Waals surface area contributed by atoms with Gasteiger partial charge in [-0.3, -0.25) is 9.69 Å². The lowest BCUT2D eigenvalue weighted by atomic mass is 10.1. The van der Waals surface area contributed by atoms with Crippen LogP contribution in [0.5, 0.6) is 5.75 Å². The van der Waals surface area contributed by atoms with E-state index in [1.165, 1.54) is 16.2 Å². The number of para-hydroxylation sites is 2. The maximum atomic E-state index is 13.4. The van der Waals surface area contributed by atoms with Gasteiger partial charge in [-0.15, -0.1) is 0 Å². The van der Waals surface area contributed by atoms with E-state index >= 15 is 0 Å². The SMILES string of the molecule is CC[NH+](CC)CCN(C(=O)c1ccccc1OC)c1nc2c(Cl)cccc2s1. The minimum atomic E-state index is -0.112. The summed E-state index contributed by atoms with van der Waals surface area (Å²) in [5.74, 6) is 0.450. The Balaban J connectivity index is 2.00. The van der Waals surface area contributed by atoms with Crippen LogP contribution in [0.1, 0.15) is 24.2 Å². The quantitative estimate of drug-likeness (QED) is 0.608. The highest BCUT2D eigenvalue weighted by atomic mass is 35.5. The van der Waals surface area contributed by atoms with Gasteiger partial charge in [0, 0.05) is 0 Å². The molecule has 3 rings (SSSR count). The van der Waals surface area contributed by atoms with E-state index in [1.807, 2.05) is 30.3 Å². The number of anilines is 1. The molecule has 1 amide bonds. The maximum absolute atomic E-state index is 13.4. The molecule has 1 N–H and O–H groups in total. The number of halogens is 1. The number of fused-ring (bicyclic) bond motifs is 1. The van der Waals surface area contributed by atoms with E-state index in [1.54, 1.807) is 24.1 Å². The van der Waals surface area contributed by atoms with Crippen LogP contribution in [-0.2, 0) is 0 Å². The Morgan fingerprint density at radius 1 is 1.18 bits per heavy atom. The molecule has 0 aliphatic carbocycles. The summed E-state index contributed by atoms with van der Waals surface area (Å²) < 4.78 is 6.38. The summed E-state index contributed by atoms with van der Waals surface area (Å²) in [5, 5.41) is 1.25. The van der Waals surface area contributed by atoms with Crippen molar-refractivity contribution in [3.63, 3.8) is 0 Å². The molecule has 1 heterocycles. The van der Waals surface area contributed by atoms with E-state index in [9.17, 15) is 4.79 Å². The van der Waals surface area contributed by atoms with Crippen molar-refractivity contribution in [1.82, 2.24) is 4.98 Å². The number of aromatic nitrogens is 1. The van der Waals surface area contributed by atoms with Crippen LogP contribution in [0.4, 0.5) is 5.13 Å². The van der Waals surface area contributed by atoms with Crippen molar-refractivity contribution < 1.29 is 14.4 Å². The van der Waals surface area contributed by atoms with Crippen LogP contribution in [0.15, 0.2) is 42.5 Å². The molecule has 2 aromatic carbocycles. The van der Waals surface area contributed by atoms with E-state index in [0.717, 1.165) is 29.9 Å². The molecular weight excluding hydrogens is 394 g/mol. The number of ether oxygens (including phenoxy) is 1. The Labute approximate surface area is 174 Å². The second-order valence-corrected chi connectivity index (χ2v) is 7.86. The van der Waals surface area contributed by atoms with Gasteiger partial charge < -0.3 is 9.64 Å². The molecule has 0 saturated carbocycles. The van der Waals surface area contributed by atoms with E-state index in [-0.39, 0.29) is 5.91 Å². The molecule has 0 fully saturated rings. The number of carbonyl (C=O) groups excluding carboxylic acids is 1. The minimum absolute atomic E-state index is 0.112. The minimum Gasteiger partial charge on any atom is -0.496 e. The molecule has 0 saturated heterocycles. The zero-order valence-electron chi connectivity index (χ0n) is 16.4. The number of hydrogen-bond donors (Lipinski definition) is 1. The van der Waals surface area contributed by atoms with Crippen molar-refractivity contribution in [3.8, 4) is 5.75 Å². The average molecular weight is 419 g/mol. The molecule has 0 radical (unpaired) electrons. The third-order valence-corrected chi connectivity index (χ3v) is 6.21. The van der Waals surface area contributed by atoms with Gasteiger partial charge in [0.25, 0.3) is 5.91 Å². The standard InChI is InChI=1S/C21H24ClN3O2S/c1-4-24(5-2)13-14-25(20(26)15-9-6-7-11-17(15)27-3)21-23-19-16(22)10-8-12-18(19)28-21/h6-12H,4-5,13-14H2,1-3H3/p+1. The summed E-state index contributed by atoms with van der Waals surface area (Å²) in [5.41, 5.74) is 1.27. The number of carbonyl (C=O) groups is 1. The van der Waals surface area contributed by atoms with E-state index in [4.69, 9.17) is 16.3 Å². The van der Waals surface area contributed by atoms with Gasteiger partial charge in [-0.1, -0.05) is 41.1 Å². The van der Waals surface area contributed by atoms with Crippen molar-refractivity contribution in [3.05, 3.63) is 53.1 Å². The lowest BCUT2D eigenvalue weighted by molar-refractivity contribution is -0.894. The second kappa shape index (κ2) is 9.37. The normalized spacial score (nSPS) is 11.2. The highest BCUT2D eigenvalue weighted by molar-refractivity contribution is 7.22. The van der Waals surface area contributed by atoms with E-state index < -0.39 is 0 Å². The first-order valence-electron chi connectivity index (χ1n) is 9.42. The molecular formula is C21H25ClN3O2S+. The average Bonchev–Trinajstić information content (AvgIpc) is 3.16. The van der Waals surface area contributed by atoms with Gasteiger partial charge in [0.2, 0.25) is 0 Å². The Morgan fingerprint density at radius 3 is 2.61 bits per heavy atom. The lowest BCUT2D eigenvalue weighted by Gasteiger charge is -2.23. The molecule has 28 heavy (non-hydrogen) atoms. The molecule has 0 aliphatic rings. The second-order valence-electron chi connectivity index (χ2n) is 6.45. The van der Waals surface area contributed by atoms with Gasteiger partial charge in [-0.25, -0.2) is 4.98 Å². The lowest BCUT2D eigenvalue weighted by Crippen LogP contribution is -3.12. The molecule has 1 aromatic heterocycles. The van der Waals surface area contributed by atoms with Crippen molar-refractivity contribution in [2.24, 2.45) is 0 Å². The van der Waals surface area contributed by atoms with Gasteiger partial charge in [0.1, 0.15) is 11.3 Å². The summed E-state index contributed by atoms with van der Waals surface area (Å²) in [7, 11) is 1.58. The first-order chi connectivity index (χ1) is 13.6. The molecule has 3 aromatic rings. The zero-order valence-corrected chi connectivity index (χ0v) is 17.9. The fraction of sp³-hybridized carbons (Fsp3) is 0.333. The number of hydrogen-bond acceptors (Lipinski definition) is 4. The van der Waals surface area contributed by atoms with Gasteiger partial charge in [-0.05, 0) is 38.1 Å². The molecule has 5 nitrogen and oxygen atoms in total. The van der Waals surface area contributed by atoms with Gasteiger partial charge in [0.15, 0.2) is 5.13 Å².